The molecule has 0 fully saturated rings. The average Bonchev–Trinajstić information content (AvgIpc) is 3.48. The number of alkyl halides is 3. The zero-order chi connectivity index (χ0) is 31.1. The van der Waals surface area contributed by atoms with Crippen molar-refractivity contribution < 1.29 is 36.2 Å². The predicted molar refractivity (Wildman–Crippen MR) is 147 cm³/mol. The number of fused-ring (bicyclic) bond motifs is 1. The summed E-state index contributed by atoms with van der Waals surface area (Å²) in [6.07, 6.45) is -4.84. The Kier molecular flexibility index (Phi) is 7.69. The number of methoxy groups -OCH3 is 1. The van der Waals surface area contributed by atoms with Crippen molar-refractivity contribution in [2.24, 2.45) is 7.05 Å². The summed E-state index contributed by atoms with van der Waals surface area (Å²) in [7, 11) is 2.57. The van der Waals surface area contributed by atoms with E-state index in [4.69, 9.17) is 9.47 Å². The molecule has 5 rings (SSSR count). The van der Waals surface area contributed by atoms with E-state index in [1.807, 2.05) is 0 Å². The molecule has 2 heterocycles. The highest BCUT2D eigenvalue weighted by atomic mass is 19.4. The number of rotatable bonds is 8. The number of hydrogen-bond donors (Lipinski definition) is 2. The molecule has 0 saturated heterocycles. The molecule has 14 heteroatoms. The van der Waals surface area contributed by atoms with E-state index in [1.54, 1.807) is 13.0 Å². The number of H-pyrrole nitrogens is 1. The van der Waals surface area contributed by atoms with Crippen LogP contribution < -0.4 is 20.5 Å². The Morgan fingerprint density at radius 2 is 1.79 bits per heavy atom. The summed E-state index contributed by atoms with van der Waals surface area (Å²) in [6.45, 7) is 1.02. The van der Waals surface area contributed by atoms with Gasteiger partial charge in [-0.25, -0.2) is 13.6 Å². The van der Waals surface area contributed by atoms with E-state index in [-0.39, 0.29) is 46.0 Å². The number of carbonyl (C=O) groups excluding carboxylic acids is 1. The zero-order valence-corrected chi connectivity index (χ0v) is 23.0. The van der Waals surface area contributed by atoms with Crippen molar-refractivity contribution in [3.8, 4) is 22.6 Å². The Morgan fingerprint density at radius 1 is 1.07 bits per heavy atom. The second kappa shape index (κ2) is 11.3. The van der Waals surface area contributed by atoms with E-state index in [0.29, 0.717) is 5.69 Å². The highest BCUT2D eigenvalue weighted by Crippen LogP contribution is 2.41. The first-order valence-corrected chi connectivity index (χ1v) is 12.7. The molecule has 0 aliphatic rings. The molecule has 43 heavy (non-hydrogen) atoms. The van der Waals surface area contributed by atoms with Crippen molar-refractivity contribution in [2.75, 3.05) is 12.4 Å². The van der Waals surface area contributed by atoms with E-state index in [0.717, 1.165) is 45.2 Å². The van der Waals surface area contributed by atoms with Gasteiger partial charge in [-0.3, -0.25) is 19.0 Å². The lowest BCUT2D eigenvalue weighted by Gasteiger charge is -2.16. The van der Waals surface area contributed by atoms with Crippen LogP contribution in [0.15, 0.2) is 59.4 Å². The Morgan fingerprint density at radius 3 is 2.42 bits per heavy atom. The second-order valence-electron chi connectivity index (χ2n) is 9.69. The van der Waals surface area contributed by atoms with Crippen LogP contribution in [-0.4, -0.2) is 32.3 Å². The molecule has 0 saturated carbocycles. The van der Waals surface area contributed by atoms with Gasteiger partial charge in [0, 0.05) is 24.0 Å². The zero-order valence-electron chi connectivity index (χ0n) is 23.0. The first-order valence-electron chi connectivity index (χ1n) is 12.7. The van der Waals surface area contributed by atoms with Gasteiger partial charge >= 0.3 is 11.9 Å². The van der Waals surface area contributed by atoms with Crippen LogP contribution in [0.2, 0.25) is 0 Å². The van der Waals surface area contributed by atoms with Gasteiger partial charge in [0.1, 0.15) is 19.0 Å². The normalized spacial score (nSPS) is 11.6. The minimum absolute atomic E-state index is 0.0229. The molecule has 0 bridgehead atoms. The van der Waals surface area contributed by atoms with Crippen LogP contribution in [0.3, 0.4) is 0 Å². The molecule has 9 nitrogen and oxygen atoms in total. The number of aromatic nitrogens is 4. The SMILES string of the molecule is COc1cc(-c2cc(C(F)(F)F)cc3c2n(C)c(=O)n3CC(=O)Nc2ccc(F)cc2)cc(F)c1OCc1cc(C)[nH]n1. The first-order chi connectivity index (χ1) is 20.3. The fourth-order valence-electron chi connectivity index (χ4n) is 4.68. The molecule has 0 atom stereocenters. The van der Waals surface area contributed by atoms with Crippen LogP contribution in [-0.2, 0) is 31.2 Å². The maximum atomic E-state index is 15.4. The van der Waals surface area contributed by atoms with Crippen LogP contribution >= 0.6 is 0 Å². The Bertz CT molecular complexity index is 1890. The molecule has 2 aromatic heterocycles. The second-order valence-corrected chi connectivity index (χ2v) is 9.69. The summed E-state index contributed by atoms with van der Waals surface area (Å²) in [6, 6.07) is 10.3. The lowest BCUT2D eigenvalue weighted by molar-refractivity contribution is -0.137. The van der Waals surface area contributed by atoms with E-state index >= 15 is 4.39 Å². The standard InChI is InChI=1S/C29H24F5N5O4/c1-15-8-20(37-36-15)14-43-27-22(31)9-16(10-24(27)42-3)21-11-17(29(32,33)34)12-23-26(21)38(2)28(41)39(23)13-25(40)35-19-6-4-18(30)5-7-19/h4-12H,13-14H2,1-3H3,(H,35,40)(H,36,37). The van der Waals surface area contributed by atoms with Crippen LogP contribution in [0.4, 0.5) is 27.6 Å². The van der Waals surface area contributed by atoms with Crippen molar-refractivity contribution in [1.29, 1.82) is 0 Å². The van der Waals surface area contributed by atoms with Gasteiger partial charge in [0.2, 0.25) is 5.91 Å². The summed E-state index contributed by atoms with van der Waals surface area (Å²) < 4.78 is 83.6. The van der Waals surface area contributed by atoms with E-state index in [1.165, 1.54) is 32.4 Å². The number of amides is 1. The fourth-order valence-corrected chi connectivity index (χ4v) is 4.68. The lowest BCUT2D eigenvalue weighted by Crippen LogP contribution is -2.28. The molecular formula is C29H24F5N5O4. The first kappa shape index (κ1) is 29.4. The summed E-state index contributed by atoms with van der Waals surface area (Å²) in [5, 5.41) is 9.23. The van der Waals surface area contributed by atoms with Crippen LogP contribution in [0.25, 0.3) is 22.2 Å². The van der Waals surface area contributed by atoms with Gasteiger partial charge in [-0.2, -0.15) is 18.3 Å². The number of benzene rings is 3. The van der Waals surface area contributed by atoms with Gasteiger partial charge in [-0.1, -0.05) is 0 Å². The van der Waals surface area contributed by atoms with E-state index < -0.39 is 41.5 Å². The smallest absolute Gasteiger partial charge is 0.416 e. The van der Waals surface area contributed by atoms with E-state index in [9.17, 15) is 27.2 Å². The van der Waals surface area contributed by atoms with Crippen molar-refractivity contribution in [3.63, 3.8) is 0 Å². The maximum absolute atomic E-state index is 15.4. The molecule has 2 N–H and O–H groups in total. The van der Waals surface area contributed by atoms with Crippen molar-refractivity contribution in [2.45, 2.75) is 26.3 Å². The maximum Gasteiger partial charge on any atom is 0.416 e. The molecule has 0 spiro atoms. The molecular weight excluding hydrogens is 577 g/mol. The number of imidazole rings is 1. The number of ether oxygens (including phenoxy) is 2. The van der Waals surface area contributed by atoms with Crippen LogP contribution in [0.1, 0.15) is 17.0 Å². The van der Waals surface area contributed by atoms with Crippen LogP contribution in [0.5, 0.6) is 11.5 Å². The van der Waals surface area contributed by atoms with Gasteiger partial charge in [-0.05, 0) is 67.1 Å². The quantitative estimate of drug-likeness (QED) is 0.227. The van der Waals surface area contributed by atoms with Crippen LogP contribution in [0, 0.1) is 18.6 Å². The van der Waals surface area contributed by atoms with Gasteiger partial charge in [0.25, 0.3) is 0 Å². The Hall–Kier alpha value is -5.14. The molecule has 0 aliphatic carbocycles. The highest BCUT2D eigenvalue weighted by molar-refractivity contribution is 5.96. The summed E-state index contributed by atoms with van der Waals surface area (Å²) in [4.78, 5) is 26.0. The Balaban J connectivity index is 1.59. The third-order valence-electron chi connectivity index (χ3n) is 6.65. The highest BCUT2D eigenvalue weighted by Gasteiger charge is 2.33. The molecule has 5 aromatic rings. The number of aryl methyl sites for hydroxylation is 2. The monoisotopic (exact) mass is 601 g/mol. The minimum atomic E-state index is -4.84. The third-order valence-corrected chi connectivity index (χ3v) is 6.65. The number of hydrogen-bond acceptors (Lipinski definition) is 5. The summed E-state index contributed by atoms with van der Waals surface area (Å²) in [5.74, 6) is -2.57. The number of nitrogens with zero attached hydrogens (tertiary/aromatic N) is 3. The topological polar surface area (TPSA) is 103 Å². The minimum Gasteiger partial charge on any atom is -0.493 e. The molecule has 1 amide bonds. The lowest BCUT2D eigenvalue weighted by atomic mass is 9.99. The summed E-state index contributed by atoms with van der Waals surface area (Å²) >= 11 is 0. The molecule has 3 aromatic carbocycles. The molecule has 0 unspecified atom stereocenters. The third kappa shape index (κ3) is 5.94. The number of aromatic amines is 1. The van der Waals surface area contributed by atoms with Gasteiger partial charge in [0.15, 0.2) is 17.3 Å². The predicted octanol–water partition coefficient (Wildman–Crippen LogP) is 5.56. The van der Waals surface area contributed by atoms with Gasteiger partial charge in [0.05, 0.1) is 29.4 Å². The number of nitrogens with one attached hydrogen (secondary N) is 2. The average molecular weight is 602 g/mol. The van der Waals surface area contributed by atoms with E-state index in [2.05, 4.69) is 15.5 Å². The van der Waals surface area contributed by atoms with Gasteiger partial charge in [-0.15, -0.1) is 0 Å². The number of carbonyl (C=O) groups is 1. The van der Waals surface area contributed by atoms with Crippen molar-refractivity contribution in [1.82, 2.24) is 19.3 Å². The van der Waals surface area contributed by atoms with Crippen molar-refractivity contribution in [3.05, 3.63) is 93.7 Å². The van der Waals surface area contributed by atoms with Crippen molar-refractivity contribution >= 4 is 22.6 Å². The molecule has 224 valence electrons. The van der Waals surface area contributed by atoms with Gasteiger partial charge < -0.3 is 14.8 Å². The molecule has 0 aliphatic heterocycles. The number of halogens is 5. The Labute approximate surface area is 240 Å². The largest absolute Gasteiger partial charge is 0.493 e. The molecule has 0 radical (unpaired) electrons. The number of anilines is 1. The fraction of sp³-hybridized carbons (Fsp3) is 0.207. The summed E-state index contributed by atoms with van der Waals surface area (Å²) in [5.41, 5.74) is -0.777.